The van der Waals surface area contributed by atoms with E-state index in [1.165, 1.54) is 7.11 Å². The van der Waals surface area contributed by atoms with E-state index in [9.17, 15) is 14.7 Å². The zero-order chi connectivity index (χ0) is 13.6. The number of likely N-dealkylation sites (tertiary alicyclic amines) is 1. The largest absolute Gasteiger partial charge is 0.453 e. The molecule has 106 valence electrons. The Morgan fingerprint density at radius 3 is 2.84 bits per heavy atom. The molecule has 0 unspecified atom stereocenters. The number of fused-ring (bicyclic) bond motifs is 1. The first-order valence-electron chi connectivity index (χ1n) is 6.91. The summed E-state index contributed by atoms with van der Waals surface area (Å²) in [4.78, 5) is 24.9. The molecular weight excluding hydrogens is 248 g/mol. The first-order chi connectivity index (χ1) is 9.11. The molecule has 0 aromatic rings. The van der Waals surface area contributed by atoms with Crippen molar-refractivity contribution in [3.8, 4) is 0 Å². The predicted molar refractivity (Wildman–Crippen MR) is 66.2 cm³/mol. The van der Waals surface area contributed by atoms with Crippen molar-refractivity contribution in [2.45, 2.75) is 31.4 Å². The fourth-order valence-corrected chi connectivity index (χ4v) is 4.19. The van der Waals surface area contributed by atoms with Gasteiger partial charge in [-0.1, -0.05) is 0 Å². The summed E-state index contributed by atoms with van der Waals surface area (Å²) in [6.07, 6.45) is 1.53. The van der Waals surface area contributed by atoms with Crippen molar-refractivity contribution in [2.75, 3.05) is 20.2 Å². The van der Waals surface area contributed by atoms with Gasteiger partial charge in [-0.25, -0.2) is 4.79 Å². The predicted octanol–water partition coefficient (Wildman–Crippen LogP) is -0.0398. The third kappa shape index (κ3) is 1.98. The van der Waals surface area contributed by atoms with Gasteiger partial charge in [0.15, 0.2) is 0 Å². The van der Waals surface area contributed by atoms with Crippen LogP contribution in [-0.4, -0.2) is 54.4 Å². The number of amides is 2. The zero-order valence-electron chi connectivity index (χ0n) is 11.0. The molecule has 2 saturated carbocycles. The molecule has 3 rings (SSSR count). The number of aliphatic hydroxyl groups is 1. The molecule has 0 radical (unpaired) electrons. The zero-order valence-corrected chi connectivity index (χ0v) is 11.0. The summed E-state index contributed by atoms with van der Waals surface area (Å²) in [7, 11) is 1.30. The van der Waals surface area contributed by atoms with E-state index in [1.54, 1.807) is 0 Å². The first kappa shape index (κ1) is 12.7. The summed E-state index contributed by atoms with van der Waals surface area (Å²) < 4.78 is 4.45. The van der Waals surface area contributed by atoms with Gasteiger partial charge in [0.2, 0.25) is 5.91 Å². The Balaban J connectivity index is 1.55. The molecule has 6 heteroatoms. The molecule has 0 spiro atoms. The van der Waals surface area contributed by atoms with Gasteiger partial charge >= 0.3 is 6.09 Å². The Hall–Kier alpha value is -1.30. The second-order valence-corrected chi connectivity index (χ2v) is 5.85. The number of hydrogen-bond acceptors (Lipinski definition) is 4. The highest BCUT2D eigenvalue weighted by Crippen LogP contribution is 2.54. The second kappa shape index (κ2) is 4.67. The molecule has 1 saturated heterocycles. The molecule has 2 bridgehead atoms. The number of alkyl carbamates (subject to hydrolysis) is 1. The van der Waals surface area contributed by atoms with Crippen LogP contribution in [0.15, 0.2) is 0 Å². The van der Waals surface area contributed by atoms with Gasteiger partial charge in [0.25, 0.3) is 0 Å². The third-order valence-corrected chi connectivity index (χ3v) is 4.96. The van der Waals surface area contributed by atoms with Crippen LogP contribution in [0, 0.1) is 17.8 Å². The number of rotatable bonds is 3. The van der Waals surface area contributed by atoms with Crippen LogP contribution >= 0.6 is 0 Å². The van der Waals surface area contributed by atoms with Crippen LogP contribution < -0.4 is 5.32 Å². The van der Waals surface area contributed by atoms with Gasteiger partial charge in [0.1, 0.15) is 0 Å². The summed E-state index contributed by atoms with van der Waals surface area (Å²) in [5.41, 5.74) is 0. The quantitative estimate of drug-likeness (QED) is 0.753. The van der Waals surface area contributed by atoms with Crippen molar-refractivity contribution in [1.82, 2.24) is 10.2 Å². The van der Waals surface area contributed by atoms with E-state index in [0.717, 1.165) is 19.4 Å². The molecule has 1 heterocycles. The summed E-state index contributed by atoms with van der Waals surface area (Å²) >= 11 is 0. The number of hydrogen-bond donors (Lipinski definition) is 2. The molecule has 3 fully saturated rings. The summed E-state index contributed by atoms with van der Waals surface area (Å²) in [6.45, 7) is 1.06. The number of carbonyl (C=O) groups excluding carboxylic acids is 2. The molecule has 2 N–H and O–H groups in total. The van der Waals surface area contributed by atoms with Gasteiger partial charge in [0.05, 0.1) is 19.3 Å². The lowest BCUT2D eigenvalue weighted by Gasteiger charge is -2.28. The van der Waals surface area contributed by atoms with Crippen LogP contribution in [0.3, 0.4) is 0 Å². The van der Waals surface area contributed by atoms with E-state index in [4.69, 9.17) is 0 Å². The fourth-order valence-electron chi connectivity index (χ4n) is 4.19. The van der Waals surface area contributed by atoms with Crippen LogP contribution in [0.4, 0.5) is 4.79 Å². The fraction of sp³-hybridized carbons (Fsp3) is 0.846. The minimum absolute atomic E-state index is 0.0226. The first-order valence-corrected chi connectivity index (χ1v) is 6.91. The topological polar surface area (TPSA) is 78.9 Å². The maximum Gasteiger partial charge on any atom is 0.406 e. The van der Waals surface area contributed by atoms with Crippen LogP contribution in [0.5, 0.6) is 0 Å². The van der Waals surface area contributed by atoms with Crippen LogP contribution in [0.25, 0.3) is 0 Å². The molecule has 0 aromatic carbocycles. The molecule has 1 aliphatic heterocycles. The third-order valence-electron chi connectivity index (χ3n) is 4.96. The molecular formula is C13H20N2O4. The van der Waals surface area contributed by atoms with E-state index in [2.05, 4.69) is 10.1 Å². The van der Waals surface area contributed by atoms with Crippen LogP contribution in [-0.2, 0) is 9.53 Å². The SMILES string of the molecule is COC(=O)NCCC(=O)N1C[C@@H]2C[C@H]3C[C@H]2[C@@H]1[C@@H]3O. The van der Waals surface area contributed by atoms with Crippen molar-refractivity contribution in [2.24, 2.45) is 17.8 Å². The normalized spacial score (nSPS) is 38.6. The van der Waals surface area contributed by atoms with Crippen molar-refractivity contribution in [1.29, 1.82) is 0 Å². The van der Waals surface area contributed by atoms with E-state index in [1.807, 2.05) is 4.90 Å². The minimum atomic E-state index is -0.518. The van der Waals surface area contributed by atoms with E-state index in [0.29, 0.717) is 17.8 Å². The average Bonchev–Trinajstić information content (AvgIpc) is 2.99. The lowest BCUT2D eigenvalue weighted by Crippen LogP contribution is -2.44. The Kier molecular flexibility index (Phi) is 3.12. The van der Waals surface area contributed by atoms with Gasteiger partial charge in [-0.2, -0.15) is 0 Å². The van der Waals surface area contributed by atoms with Crippen LogP contribution in [0.2, 0.25) is 0 Å². The van der Waals surface area contributed by atoms with Gasteiger partial charge in [-0.3, -0.25) is 4.79 Å². The van der Waals surface area contributed by atoms with Crippen molar-refractivity contribution < 1.29 is 19.4 Å². The molecule has 19 heavy (non-hydrogen) atoms. The highest BCUT2D eigenvalue weighted by molar-refractivity contribution is 5.78. The lowest BCUT2D eigenvalue weighted by atomic mass is 9.88. The number of nitrogens with zero attached hydrogens (tertiary/aromatic N) is 1. The van der Waals surface area contributed by atoms with Crippen molar-refractivity contribution in [3.63, 3.8) is 0 Å². The standard InChI is InChI=1S/C13H20N2O4/c1-19-13(18)14-3-2-10(16)15-6-8-4-7-5-9(8)11(15)12(7)17/h7-9,11-12,17H,2-6H2,1H3,(H,14,18)/t7-,8-,9+,11+,12+/m0/s1. The molecule has 2 amide bonds. The Morgan fingerprint density at radius 1 is 1.37 bits per heavy atom. The van der Waals surface area contributed by atoms with E-state index in [-0.39, 0.29) is 31.0 Å². The number of ether oxygens (including phenoxy) is 1. The summed E-state index contributed by atoms with van der Waals surface area (Å²) in [5, 5.41) is 12.7. The van der Waals surface area contributed by atoms with E-state index < -0.39 is 6.09 Å². The maximum absolute atomic E-state index is 12.2. The van der Waals surface area contributed by atoms with E-state index >= 15 is 0 Å². The number of aliphatic hydroxyl groups excluding tert-OH is 1. The Bertz CT molecular complexity index is 398. The molecule has 6 nitrogen and oxygen atoms in total. The molecule has 5 atom stereocenters. The molecule has 2 aliphatic carbocycles. The monoisotopic (exact) mass is 268 g/mol. The second-order valence-electron chi connectivity index (χ2n) is 5.85. The van der Waals surface area contributed by atoms with Gasteiger partial charge in [-0.05, 0) is 30.6 Å². The van der Waals surface area contributed by atoms with Gasteiger partial charge in [-0.15, -0.1) is 0 Å². The lowest BCUT2D eigenvalue weighted by molar-refractivity contribution is -0.134. The average molecular weight is 268 g/mol. The Morgan fingerprint density at radius 2 is 2.16 bits per heavy atom. The van der Waals surface area contributed by atoms with Crippen molar-refractivity contribution in [3.05, 3.63) is 0 Å². The number of carbonyl (C=O) groups is 2. The van der Waals surface area contributed by atoms with Crippen LogP contribution in [0.1, 0.15) is 19.3 Å². The van der Waals surface area contributed by atoms with Gasteiger partial charge < -0.3 is 20.1 Å². The highest BCUT2D eigenvalue weighted by Gasteiger charge is 2.59. The summed E-state index contributed by atoms with van der Waals surface area (Å²) in [5.74, 6) is 1.50. The molecule has 3 aliphatic rings. The maximum atomic E-state index is 12.2. The number of nitrogens with one attached hydrogen (secondary N) is 1. The molecule has 0 aromatic heterocycles. The highest BCUT2D eigenvalue weighted by atomic mass is 16.5. The Labute approximate surface area is 112 Å². The minimum Gasteiger partial charge on any atom is -0.453 e. The number of methoxy groups -OCH3 is 1. The summed E-state index contributed by atoms with van der Waals surface area (Å²) in [6, 6.07) is 0.0226. The smallest absolute Gasteiger partial charge is 0.406 e. The van der Waals surface area contributed by atoms with Crippen molar-refractivity contribution >= 4 is 12.0 Å². The van der Waals surface area contributed by atoms with Gasteiger partial charge in [0, 0.05) is 19.5 Å².